The first-order chi connectivity index (χ1) is 17.9. The van der Waals surface area contributed by atoms with Crippen LogP contribution in [0.5, 0.6) is 11.5 Å². The summed E-state index contributed by atoms with van der Waals surface area (Å²) in [6.07, 6.45) is 1.62. The van der Waals surface area contributed by atoms with Crippen LogP contribution in [0.2, 0.25) is 0 Å². The highest BCUT2D eigenvalue weighted by atomic mass is 16.5. The van der Waals surface area contributed by atoms with Crippen molar-refractivity contribution in [3.05, 3.63) is 101 Å². The molecule has 1 N–H and O–H groups in total. The molecule has 0 aromatic heterocycles. The minimum absolute atomic E-state index is 0.0899. The number of nitrogens with zero attached hydrogens (tertiary/aromatic N) is 1. The highest BCUT2D eigenvalue weighted by molar-refractivity contribution is 6.46. The van der Waals surface area contributed by atoms with E-state index in [1.165, 1.54) is 0 Å². The van der Waals surface area contributed by atoms with Crippen molar-refractivity contribution in [3.8, 4) is 11.5 Å². The molecule has 1 saturated heterocycles. The van der Waals surface area contributed by atoms with E-state index in [0.717, 1.165) is 29.5 Å². The van der Waals surface area contributed by atoms with Crippen LogP contribution in [0.3, 0.4) is 0 Å². The smallest absolute Gasteiger partial charge is 0.295 e. The van der Waals surface area contributed by atoms with Gasteiger partial charge in [-0.15, -0.1) is 0 Å². The highest BCUT2D eigenvalue weighted by Gasteiger charge is 2.45. The Morgan fingerprint density at radius 1 is 0.946 bits per heavy atom. The predicted octanol–water partition coefficient (Wildman–Crippen LogP) is 6.19. The van der Waals surface area contributed by atoms with Crippen LogP contribution < -0.4 is 9.47 Å². The van der Waals surface area contributed by atoms with Gasteiger partial charge in [0.25, 0.3) is 11.7 Å². The highest BCUT2D eigenvalue weighted by Crippen LogP contribution is 2.40. The first kappa shape index (κ1) is 26.0. The molecule has 6 heteroatoms. The second-order valence-corrected chi connectivity index (χ2v) is 9.11. The Morgan fingerprint density at radius 3 is 2.43 bits per heavy atom. The van der Waals surface area contributed by atoms with Gasteiger partial charge < -0.3 is 19.5 Å². The summed E-state index contributed by atoms with van der Waals surface area (Å²) in [6, 6.07) is 21.8. The first-order valence-corrected chi connectivity index (χ1v) is 12.7. The third kappa shape index (κ3) is 5.69. The van der Waals surface area contributed by atoms with Crippen molar-refractivity contribution < 1.29 is 24.2 Å². The average molecular weight is 500 g/mol. The second kappa shape index (κ2) is 11.8. The van der Waals surface area contributed by atoms with Crippen LogP contribution in [0.1, 0.15) is 55.0 Å². The fourth-order valence-corrected chi connectivity index (χ4v) is 4.58. The zero-order valence-electron chi connectivity index (χ0n) is 21.6. The van der Waals surface area contributed by atoms with Crippen LogP contribution >= 0.6 is 0 Å². The maximum absolute atomic E-state index is 13.2. The largest absolute Gasteiger partial charge is 0.507 e. The molecule has 192 valence electrons. The molecule has 1 unspecified atom stereocenters. The van der Waals surface area contributed by atoms with Crippen molar-refractivity contribution in [2.45, 2.75) is 46.3 Å². The summed E-state index contributed by atoms with van der Waals surface area (Å²) in [5, 5.41) is 11.4. The van der Waals surface area contributed by atoms with Crippen LogP contribution in [0.25, 0.3) is 5.76 Å². The molecule has 1 heterocycles. The lowest BCUT2D eigenvalue weighted by Crippen LogP contribution is -2.30. The van der Waals surface area contributed by atoms with Gasteiger partial charge in [0.05, 0.1) is 18.2 Å². The minimum Gasteiger partial charge on any atom is -0.507 e. The number of carbonyl (C=O) groups is 2. The van der Waals surface area contributed by atoms with Gasteiger partial charge in [-0.3, -0.25) is 9.59 Å². The van der Waals surface area contributed by atoms with Crippen molar-refractivity contribution in [1.29, 1.82) is 0 Å². The number of benzene rings is 3. The molecule has 0 saturated carbocycles. The van der Waals surface area contributed by atoms with Crippen LogP contribution in [0, 0.1) is 6.92 Å². The van der Waals surface area contributed by atoms with Gasteiger partial charge in [0.15, 0.2) is 0 Å². The van der Waals surface area contributed by atoms with Crippen molar-refractivity contribution in [3.63, 3.8) is 0 Å². The van der Waals surface area contributed by atoms with E-state index in [4.69, 9.17) is 9.47 Å². The number of rotatable bonds is 10. The molecule has 6 nitrogen and oxygen atoms in total. The summed E-state index contributed by atoms with van der Waals surface area (Å²) in [5.41, 5.74) is 3.14. The van der Waals surface area contributed by atoms with Crippen molar-refractivity contribution in [1.82, 2.24) is 4.90 Å². The maximum atomic E-state index is 13.2. The molecule has 1 atom stereocenters. The predicted molar refractivity (Wildman–Crippen MR) is 143 cm³/mol. The van der Waals surface area contributed by atoms with Crippen LogP contribution in [-0.2, 0) is 16.2 Å². The van der Waals surface area contributed by atoms with E-state index in [-0.39, 0.29) is 11.3 Å². The number of hydrogen-bond donors (Lipinski definition) is 1. The molecule has 1 aliphatic rings. The SMILES string of the molecule is CCCCN1C(=O)C(=O)/C(=C(/O)c2ccc(OCc3ccccc3)c(C)c2)C1c1cccc(OCC)c1. The topological polar surface area (TPSA) is 76.1 Å². The molecule has 0 radical (unpaired) electrons. The van der Waals surface area contributed by atoms with Crippen LogP contribution in [0.4, 0.5) is 0 Å². The molecule has 3 aromatic carbocycles. The van der Waals surface area contributed by atoms with Crippen molar-refractivity contribution >= 4 is 17.4 Å². The van der Waals surface area contributed by atoms with Gasteiger partial charge in [-0.2, -0.15) is 0 Å². The lowest BCUT2D eigenvalue weighted by atomic mass is 9.94. The third-order valence-electron chi connectivity index (χ3n) is 6.46. The normalized spacial score (nSPS) is 16.7. The molecular formula is C31H33NO5. The van der Waals surface area contributed by atoms with E-state index < -0.39 is 17.7 Å². The number of unbranched alkanes of at least 4 members (excludes halogenated alkanes) is 1. The van der Waals surface area contributed by atoms with Gasteiger partial charge in [0.1, 0.15) is 23.9 Å². The number of hydrogen-bond acceptors (Lipinski definition) is 5. The van der Waals surface area contributed by atoms with Gasteiger partial charge in [0, 0.05) is 12.1 Å². The number of aryl methyl sites for hydroxylation is 1. The summed E-state index contributed by atoms with van der Waals surface area (Å²) < 4.78 is 11.6. The number of aliphatic hydroxyl groups is 1. The van der Waals surface area contributed by atoms with E-state index in [1.54, 1.807) is 23.1 Å². The van der Waals surface area contributed by atoms with E-state index in [1.807, 2.05) is 75.4 Å². The summed E-state index contributed by atoms with van der Waals surface area (Å²) in [7, 11) is 0. The molecule has 0 aliphatic carbocycles. The standard InChI is InChI=1S/C31H33NO5/c1-4-6-17-32-28(23-13-10-14-25(19-23)36-5-2)27(30(34)31(32)35)29(33)24-15-16-26(21(3)18-24)37-20-22-11-8-7-9-12-22/h7-16,18-19,28,33H,4-6,17,20H2,1-3H3/b29-27+. The minimum atomic E-state index is -0.693. The zero-order chi connectivity index (χ0) is 26.4. The Hall–Kier alpha value is -4.06. The average Bonchev–Trinajstić information content (AvgIpc) is 3.16. The number of carbonyl (C=O) groups excluding carboxylic acids is 2. The Bertz CT molecular complexity index is 1300. The van der Waals surface area contributed by atoms with Gasteiger partial charge in [0.2, 0.25) is 0 Å². The van der Waals surface area contributed by atoms with Crippen LogP contribution in [-0.4, -0.2) is 34.8 Å². The summed E-state index contributed by atoms with van der Waals surface area (Å²) in [6.45, 7) is 7.16. The summed E-state index contributed by atoms with van der Waals surface area (Å²) in [4.78, 5) is 27.9. The number of likely N-dealkylation sites (tertiary alicyclic amines) is 1. The van der Waals surface area contributed by atoms with Gasteiger partial charge in [-0.25, -0.2) is 0 Å². The fourth-order valence-electron chi connectivity index (χ4n) is 4.58. The number of amides is 1. The van der Waals surface area contributed by atoms with E-state index in [2.05, 4.69) is 0 Å². The maximum Gasteiger partial charge on any atom is 0.295 e. The Kier molecular flexibility index (Phi) is 8.29. The Labute approximate surface area is 218 Å². The quantitative estimate of drug-likeness (QED) is 0.204. The third-order valence-corrected chi connectivity index (χ3v) is 6.46. The molecule has 0 spiro atoms. The molecule has 1 amide bonds. The molecule has 1 fully saturated rings. The number of aliphatic hydroxyl groups excluding tert-OH is 1. The summed E-state index contributed by atoms with van der Waals surface area (Å²) in [5.74, 6) is -0.132. The zero-order valence-corrected chi connectivity index (χ0v) is 21.6. The summed E-state index contributed by atoms with van der Waals surface area (Å²) >= 11 is 0. The molecule has 0 bridgehead atoms. The van der Waals surface area contributed by atoms with E-state index in [9.17, 15) is 14.7 Å². The molecule has 3 aromatic rings. The monoisotopic (exact) mass is 499 g/mol. The van der Waals surface area contributed by atoms with Gasteiger partial charge in [-0.05, 0) is 67.3 Å². The van der Waals surface area contributed by atoms with Gasteiger partial charge in [-0.1, -0.05) is 55.8 Å². The first-order valence-electron chi connectivity index (χ1n) is 12.7. The lowest BCUT2D eigenvalue weighted by Gasteiger charge is -2.25. The van der Waals surface area contributed by atoms with E-state index >= 15 is 0 Å². The van der Waals surface area contributed by atoms with Crippen LogP contribution in [0.15, 0.2) is 78.4 Å². The van der Waals surface area contributed by atoms with E-state index in [0.29, 0.717) is 36.8 Å². The van der Waals surface area contributed by atoms with Gasteiger partial charge >= 0.3 is 0 Å². The fraction of sp³-hybridized carbons (Fsp3) is 0.290. The van der Waals surface area contributed by atoms with Crippen molar-refractivity contribution in [2.75, 3.05) is 13.2 Å². The number of ether oxygens (including phenoxy) is 2. The molecule has 4 rings (SSSR count). The lowest BCUT2D eigenvalue weighted by molar-refractivity contribution is -0.139. The molecular weight excluding hydrogens is 466 g/mol. The Balaban J connectivity index is 1.71. The number of ketones is 1. The molecule has 37 heavy (non-hydrogen) atoms. The molecule has 1 aliphatic heterocycles. The Morgan fingerprint density at radius 2 is 1.73 bits per heavy atom. The second-order valence-electron chi connectivity index (χ2n) is 9.11. The van der Waals surface area contributed by atoms with Crippen molar-refractivity contribution in [2.24, 2.45) is 0 Å². The number of Topliss-reactive ketones (excluding diaryl/α,β-unsaturated/α-hetero) is 1.